The van der Waals surface area contributed by atoms with E-state index in [0.717, 1.165) is 5.00 Å². The second-order valence-electron chi connectivity index (χ2n) is 2.99. The highest BCUT2D eigenvalue weighted by Crippen LogP contribution is 2.34. The lowest BCUT2D eigenvalue weighted by Crippen LogP contribution is -2.07. The van der Waals surface area contributed by atoms with Crippen LogP contribution in [0.15, 0.2) is 6.20 Å². The Hall–Kier alpha value is -0.220. The lowest BCUT2D eigenvalue weighted by atomic mass is 10.0. The van der Waals surface area contributed by atoms with E-state index in [0.29, 0.717) is 5.92 Å². The van der Waals surface area contributed by atoms with Crippen LogP contribution in [0.4, 0.5) is 5.00 Å². The standard InChI is InChI=1S/C8H12N2S2/c9-7-5-10-8(12-7)6-1-3-11-4-2-6/h5-6H,1-4,9H2. The number of thioether (sulfide) groups is 1. The van der Waals surface area contributed by atoms with E-state index in [-0.39, 0.29) is 0 Å². The van der Waals surface area contributed by atoms with Gasteiger partial charge >= 0.3 is 0 Å². The summed E-state index contributed by atoms with van der Waals surface area (Å²) in [5.41, 5.74) is 5.64. The molecule has 0 unspecified atom stereocenters. The van der Waals surface area contributed by atoms with Gasteiger partial charge in [-0.3, -0.25) is 0 Å². The minimum atomic E-state index is 0.688. The summed E-state index contributed by atoms with van der Waals surface area (Å²) in [5.74, 6) is 3.25. The highest BCUT2D eigenvalue weighted by molar-refractivity contribution is 7.99. The number of anilines is 1. The molecule has 0 spiro atoms. The molecule has 0 bridgehead atoms. The Morgan fingerprint density at radius 2 is 2.17 bits per heavy atom. The Kier molecular flexibility index (Phi) is 2.56. The Bertz CT molecular complexity index is 253. The molecule has 2 N–H and O–H groups in total. The van der Waals surface area contributed by atoms with Crippen molar-refractivity contribution in [2.45, 2.75) is 18.8 Å². The van der Waals surface area contributed by atoms with Gasteiger partial charge in [0.05, 0.1) is 11.2 Å². The van der Waals surface area contributed by atoms with Crippen LogP contribution in [0, 0.1) is 0 Å². The van der Waals surface area contributed by atoms with E-state index in [1.165, 1.54) is 29.4 Å². The maximum Gasteiger partial charge on any atom is 0.106 e. The monoisotopic (exact) mass is 200 g/mol. The SMILES string of the molecule is Nc1cnc(C2CCSCC2)s1. The predicted molar refractivity (Wildman–Crippen MR) is 55.8 cm³/mol. The quantitative estimate of drug-likeness (QED) is 0.756. The summed E-state index contributed by atoms with van der Waals surface area (Å²) >= 11 is 3.70. The molecular weight excluding hydrogens is 188 g/mol. The first kappa shape index (κ1) is 8.38. The van der Waals surface area contributed by atoms with Gasteiger partial charge in [-0.25, -0.2) is 4.98 Å². The molecule has 2 heterocycles. The van der Waals surface area contributed by atoms with Gasteiger partial charge in [-0.2, -0.15) is 11.8 Å². The van der Waals surface area contributed by atoms with E-state index in [4.69, 9.17) is 5.73 Å². The maximum absolute atomic E-state index is 5.64. The topological polar surface area (TPSA) is 38.9 Å². The Morgan fingerprint density at radius 1 is 1.42 bits per heavy atom. The van der Waals surface area contributed by atoms with Crippen LogP contribution in [0.1, 0.15) is 23.8 Å². The number of hydrogen-bond acceptors (Lipinski definition) is 4. The van der Waals surface area contributed by atoms with E-state index < -0.39 is 0 Å². The molecule has 0 saturated carbocycles. The van der Waals surface area contributed by atoms with Crippen molar-refractivity contribution < 1.29 is 0 Å². The molecule has 66 valence electrons. The molecule has 0 amide bonds. The number of rotatable bonds is 1. The summed E-state index contributed by atoms with van der Waals surface area (Å²) in [5, 5.41) is 2.09. The second-order valence-corrected chi connectivity index (χ2v) is 5.31. The molecule has 1 saturated heterocycles. The van der Waals surface area contributed by atoms with Gasteiger partial charge in [0.15, 0.2) is 0 Å². The zero-order valence-corrected chi connectivity index (χ0v) is 8.46. The fraction of sp³-hybridized carbons (Fsp3) is 0.625. The average Bonchev–Trinajstić information content (AvgIpc) is 2.54. The van der Waals surface area contributed by atoms with Crippen LogP contribution in [0.2, 0.25) is 0 Å². The average molecular weight is 200 g/mol. The van der Waals surface area contributed by atoms with Crippen LogP contribution in [0.3, 0.4) is 0 Å². The Labute approximate surface area is 80.6 Å². The van der Waals surface area contributed by atoms with Crippen LogP contribution >= 0.6 is 23.1 Å². The third-order valence-electron chi connectivity index (χ3n) is 2.11. The summed E-state index contributed by atoms with van der Waals surface area (Å²) in [7, 11) is 0. The van der Waals surface area contributed by atoms with Gasteiger partial charge in [0, 0.05) is 5.92 Å². The summed E-state index contributed by atoms with van der Waals surface area (Å²) in [4.78, 5) is 4.32. The minimum absolute atomic E-state index is 0.688. The van der Waals surface area contributed by atoms with Crippen molar-refractivity contribution in [3.8, 4) is 0 Å². The van der Waals surface area contributed by atoms with Crippen LogP contribution < -0.4 is 5.73 Å². The largest absolute Gasteiger partial charge is 0.389 e. The number of nitrogen functional groups attached to an aromatic ring is 1. The van der Waals surface area contributed by atoms with Crippen molar-refractivity contribution in [3.05, 3.63) is 11.2 Å². The number of thiazole rings is 1. The second kappa shape index (κ2) is 3.66. The highest BCUT2D eigenvalue weighted by Gasteiger charge is 2.18. The first-order valence-corrected chi connectivity index (χ1v) is 6.12. The van der Waals surface area contributed by atoms with Crippen LogP contribution in [0.25, 0.3) is 0 Å². The van der Waals surface area contributed by atoms with E-state index >= 15 is 0 Å². The summed E-state index contributed by atoms with van der Waals surface area (Å²) in [6, 6.07) is 0. The number of nitrogens with zero attached hydrogens (tertiary/aromatic N) is 1. The number of hydrogen-bond donors (Lipinski definition) is 1. The first-order valence-electron chi connectivity index (χ1n) is 4.15. The van der Waals surface area contributed by atoms with Gasteiger partial charge in [-0.05, 0) is 24.3 Å². The molecule has 0 radical (unpaired) electrons. The first-order chi connectivity index (χ1) is 5.86. The van der Waals surface area contributed by atoms with Gasteiger partial charge in [0.25, 0.3) is 0 Å². The van der Waals surface area contributed by atoms with Crippen molar-refractivity contribution in [2.75, 3.05) is 17.2 Å². The lowest BCUT2D eigenvalue weighted by Gasteiger charge is -2.18. The fourth-order valence-electron chi connectivity index (χ4n) is 1.43. The van der Waals surface area contributed by atoms with Crippen molar-refractivity contribution >= 4 is 28.1 Å². The zero-order chi connectivity index (χ0) is 8.39. The maximum atomic E-state index is 5.64. The van der Waals surface area contributed by atoms with Gasteiger partial charge in [-0.15, -0.1) is 11.3 Å². The van der Waals surface area contributed by atoms with Crippen molar-refractivity contribution in [3.63, 3.8) is 0 Å². The number of nitrogens with two attached hydrogens (primary N) is 1. The molecule has 1 aliphatic heterocycles. The minimum Gasteiger partial charge on any atom is -0.389 e. The molecule has 0 aromatic carbocycles. The fourth-order valence-corrected chi connectivity index (χ4v) is 3.40. The third kappa shape index (κ3) is 1.75. The van der Waals surface area contributed by atoms with Crippen LogP contribution in [-0.2, 0) is 0 Å². The van der Waals surface area contributed by atoms with E-state index in [9.17, 15) is 0 Å². The molecule has 12 heavy (non-hydrogen) atoms. The number of aromatic nitrogens is 1. The third-order valence-corrected chi connectivity index (χ3v) is 4.15. The molecule has 1 fully saturated rings. The zero-order valence-electron chi connectivity index (χ0n) is 6.82. The molecule has 2 rings (SSSR count). The summed E-state index contributed by atoms with van der Waals surface area (Å²) in [6.45, 7) is 0. The van der Waals surface area contributed by atoms with Crippen molar-refractivity contribution in [1.82, 2.24) is 4.98 Å². The molecule has 0 aliphatic carbocycles. The smallest absolute Gasteiger partial charge is 0.106 e. The van der Waals surface area contributed by atoms with Crippen molar-refractivity contribution in [2.24, 2.45) is 0 Å². The molecule has 2 nitrogen and oxygen atoms in total. The van der Waals surface area contributed by atoms with Crippen LogP contribution in [-0.4, -0.2) is 16.5 Å². The molecule has 1 aromatic heterocycles. The molecule has 4 heteroatoms. The summed E-state index contributed by atoms with van der Waals surface area (Å²) in [6.07, 6.45) is 4.33. The molecular formula is C8H12N2S2. The summed E-state index contributed by atoms with van der Waals surface area (Å²) < 4.78 is 0. The Morgan fingerprint density at radius 3 is 2.75 bits per heavy atom. The van der Waals surface area contributed by atoms with Crippen molar-refractivity contribution in [1.29, 1.82) is 0 Å². The van der Waals surface area contributed by atoms with E-state index in [1.807, 2.05) is 11.8 Å². The van der Waals surface area contributed by atoms with Gasteiger partial charge in [0.1, 0.15) is 5.00 Å². The predicted octanol–water partition coefficient (Wildman–Crippen LogP) is 2.34. The van der Waals surface area contributed by atoms with Gasteiger partial charge in [0.2, 0.25) is 0 Å². The van der Waals surface area contributed by atoms with E-state index in [1.54, 1.807) is 17.5 Å². The van der Waals surface area contributed by atoms with Crippen LogP contribution in [0.5, 0.6) is 0 Å². The Balaban J connectivity index is 2.08. The van der Waals surface area contributed by atoms with E-state index in [2.05, 4.69) is 4.98 Å². The molecule has 0 atom stereocenters. The molecule has 1 aromatic rings. The van der Waals surface area contributed by atoms with Gasteiger partial charge in [-0.1, -0.05) is 0 Å². The normalized spacial score (nSPS) is 19.7. The highest BCUT2D eigenvalue weighted by atomic mass is 32.2. The van der Waals surface area contributed by atoms with Gasteiger partial charge < -0.3 is 5.73 Å². The lowest BCUT2D eigenvalue weighted by molar-refractivity contribution is 0.633. The molecule has 1 aliphatic rings.